The van der Waals surface area contributed by atoms with Crippen LogP contribution in [0.3, 0.4) is 0 Å². The summed E-state index contributed by atoms with van der Waals surface area (Å²) in [5.41, 5.74) is 2.58. The lowest BCUT2D eigenvalue weighted by atomic mass is 9.81. The smallest absolute Gasteiger partial charge is 0.407 e. The van der Waals surface area contributed by atoms with E-state index in [9.17, 15) is 22.7 Å². The predicted molar refractivity (Wildman–Crippen MR) is 167 cm³/mol. The van der Waals surface area contributed by atoms with Crippen LogP contribution in [0.25, 0.3) is 0 Å². The summed E-state index contributed by atoms with van der Waals surface area (Å²) in [7, 11) is -1.93. The molecule has 1 fully saturated rings. The highest BCUT2D eigenvalue weighted by Gasteiger charge is 2.36. The SMILES string of the molecule is COc1ccc(CN(c2nncs2)S(=O)(=O)c2cc(F)cc(OCC3CN(C(=O)O)CC[C@@H]3c3ccc(Cl)cc3)c2F)c(OC)c1. The molecule has 1 unspecified atom stereocenters. The summed E-state index contributed by atoms with van der Waals surface area (Å²) < 4.78 is 76.3. The fraction of sp³-hybridized carbons (Fsp3) is 0.300. The molecule has 3 aromatic carbocycles. The molecule has 1 saturated heterocycles. The zero-order valence-electron chi connectivity index (χ0n) is 24.6. The number of piperidine rings is 1. The van der Waals surface area contributed by atoms with Crippen LogP contribution >= 0.6 is 22.9 Å². The van der Waals surface area contributed by atoms with Crippen molar-refractivity contribution in [2.24, 2.45) is 5.92 Å². The first-order chi connectivity index (χ1) is 22.0. The van der Waals surface area contributed by atoms with Gasteiger partial charge >= 0.3 is 6.09 Å². The Balaban J connectivity index is 1.47. The summed E-state index contributed by atoms with van der Waals surface area (Å²) in [5, 5.41) is 17.6. The van der Waals surface area contributed by atoms with E-state index in [1.807, 2.05) is 12.1 Å². The summed E-state index contributed by atoms with van der Waals surface area (Å²) in [4.78, 5) is 12.0. The van der Waals surface area contributed by atoms with Crippen LogP contribution in [-0.4, -0.2) is 68.6 Å². The number of aromatic nitrogens is 2. The van der Waals surface area contributed by atoms with Crippen molar-refractivity contribution in [2.45, 2.75) is 23.8 Å². The molecular weight excluding hydrogens is 666 g/mol. The van der Waals surface area contributed by atoms with Crippen LogP contribution in [0.4, 0.5) is 18.7 Å². The predicted octanol–water partition coefficient (Wildman–Crippen LogP) is 6.04. The van der Waals surface area contributed by atoms with Crippen molar-refractivity contribution in [3.05, 3.63) is 87.9 Å². The van der Waals surface area contributed by atoms with Crippen molar-refractivity contribution in [3.63, 3.8) is 0 Å². The summed E-state index contributed by atoms with van der Waals surface area (Å²) in [5.74, 6) is -2.89. The number of benzene rings is 3. The Kier molecular flexibility index (Phi) is 10.1. The normalized spacial score (nSPS) is 16.6. The number of hydrogen-bond acceptors (Lipinski definition) is 9. The Labute approximate surface area is 273 Å². The van der Waals surface area contributed by atoms with Crippen LogP contribution in [0.2, 0.25) is 5.02 Å². The monoisotopic (exact) mass is 694 g/mol. The maximum absolute atomic E-state index is 16.1. The Hall–Kier alpha value is -4.21. The first kappa shape index (κ1) is 33.2. The van der Waals surface area contributed by atoms with Crippen molar-refractivity contribution in [2.75, 3.05) is 38.2 Å². The van der Waals surface area contributed by atoms with Gasteiger partial charge in [0.05, 0.1) is 27.4 Å². The molecule has 46 heavy (non-hydrogen) atoms. The van der Waals surface area contributed by atoms with Gasteiger partial charge in [0.1, 0.15) is 27.7 Å². The van der Waals surface area contributed by atoms with Crippen LogP contribution in [0, 0.1) is 17.6 Å². The second kappa shape index (κ2) is 14.1. The summed E-state index contributed by atoms with van der Waals surface area (Å²) in [6.07, 6.45) is -0.658. The van der Waals surface area contributed by atoms with Gasteiger partial charge in [-0.3, -0.25) is 0 Å². The molecule has 1 aliphatic heterocycles. The minimum absolute atomic E-state index is 0.0687. The molecule has 244 valence electrons. The Morgan fingerprint density at radius 3 is 2.52 bits per heavy atom. The van der Waals surface area contributed by atoms with Gasteiger partial charge in [0.25, 0.3) is 10.0 Å². The van der Waals surface area contributed by atoms with Gasteiger partial charge in [0.2, 0.25) is 5.13 Å². The van der Waals surface area contributed by atoms with E-state index in [2.05, 4.69) is 10.2 Å². The lowest BCUT2D eigenvalue weighted by Gasteiger charge is -2.37. The highest BCUT2D eigenvalue weighted by atomic mass is 35.5. The number of likely N-dealkylation sites (tertiary alicyclic amines) is 1. The number of rotatable bonds is 11. The Bertz CT molecular complexity index is 1800. The van der Waals surface area contributed by atoms with Crippen LogP contribution in [0.15, 0.2) is 65.0 Å². The third-order valence-corrected chi connectivity index (χ3v) is 10.5. The lowest BCUT2D eigenvalue weighted by molar-refractivity contribution is 0.0926. The summed E-state index contributed by atoms with van der Waals surface area (Å²) >= 11 is 6.93. The summed E-state index contributed by atoms with van der Waals surface area (Å²) in [6.45, 7) is -0.234. The fourth-order valence-corrected chi connectivity index (χ4v) is 7.73. The molecule has 4 aromatic rings. The molecule has 5 rings (SSSR count). The van der Waals surface area contributed by atoms with E-state index < -0.39 is 44.3 Å². The molecule has 1 aromatic heterocycles. The van der Waals surface area contributed by atoms with Gasteiger partial charge < -0.3 is 24.2 Å². The molecule has 0 radical (unpaired) electrons. The molecular formula is C30H29ClF2N4O7S2. The third-order valence-electron chi connectivity index (χ3n) is 7.66. The molecule has 1 amide bonds. The number of hydrogen-bond donors (Lipinski definition) is 1. The highest BCUT2D eigenvalue weighted by Crippen LogP contribution is 2.37. The molecule has 11 nitrogen and oxygen atoms in total. The van der Waals surface area contributed by atoms with Crippen molar-refractivity contribution in [3.8, 4) is 17.2 Å². The van der Waals surface area contributed by atoms with E-state index in [4.69, 9.17) is 25.8 Å². The number of nitrogens with zero attached hydrogens (tertiary/aromatic N) is 4. The van der Waals surface area contributed by atoms with Gasteiger partial charge in [-0.2, -0.15) is 0 Å². The van der Waals surface area contributed by atoms with Gasteiger partial charge in [-0.15, -0.1) is 10.2 Å². The molecule has 2 atom stereocenters. The first-order valence-corrected chi connectivity index (χ1v) is 16.6. The van der Waals surface area contributed by atoms with Crippen LogP contribution in [-0.2, 0) is 16.6 Å². The highest BCUT2D eigenvalue weighted by molar-refractivity contribution is 7.93. The van der Waals surface area contributed by atoms with E-state index in [1.54, 1.807) is 30.3 Å². The number of ether oxygens (including phenoxy) is 3. The number of carbonyl (C=O) groups is 1. The quantitative estimate of drug-likeness (QED) is 0.200. The van der Waals surface area contributed by atoms with Gasteiger partial charge in [-0.05, 0) is 48.2 Å². The minimum atomic E-state index is -4.80. The zero-order chi connectivity index (χ0) is 33.0. The van der Waals surface area contributed by atoms with Crippen molar-refractivity contribution < 1.29 is 41.3 Å². The van der Waals surface area contributed by atoms with Crippen molar-refractivity contribution in [1.82, 2.24) is 15.1 Å². The molecule has 0 bridgehead atoms. The Morgan fingerprint density at radius 1 is 1.11 bits per heavy atom. The molecule has 16 heteroatoms. The second-order valence-corrected chi connectivity index (χ2v) is 13.5. The molecule has 0 saturated carbocycles. The zero-order valence-corrected chi connectivity index (χ0v) is 27.0. The fourth-order valence-electron chi connectivity index (χ4n) is 5.34. The molecule has 0 aliphatic carbocycles. The second-order valence-electron chi connectivity index (χ2n) is 10.4. The van der Waals surface area contributed by atoms with Gasteiger partial charge in [0, 0.05) is 41.7 Å². The number of halogens is 3. The topological polar surface area (TPSA) is 131 Å². The van der Waals surface area contributed by atoms with Crippen molar-refractivity contribution >= 4 is 44.2 Å². The van der Waals surface area contributed by atoms with Crippen LogP contribution < -0.4 is 18.5 Å². The summed E-state index contributed by atoms with van der Waals surface area (Å²) in [6, 6.07) is 13.1. The van der Waals surface area contributed by atoms with Gasteiger partial charge in [0.15, 0.2) is 11.6 Å². The molecule has 0 spiro atoms. The van der Waals surface area contributed by atoms with Crippen LogP contribution in [0.5, 0.6) is 17.2 Å². The lowest BCUT2D eigenvalue weighted by Crippen LogP contribution is -2.44. The standard InChI is InChI=1S/C30H29ClF2N4O7S2/c1-42-23-8-5-19(25(13-23)43-2)15-37(29-35-34-17-45-29)46(40,41)27-12-22(32)11-26(28(27)33)44-16-20-14-36(30(38)39)10-9-24(20)18-3-6-21(31)7-4-18/h3-8,11-13,17,20,24H,9-10,14-16H2,1-2H3,(H,38,39)/t20?,24-/m1/s1. The molecule has 2 heterocycles. The first-order valence-electron chi connectivity index (χ1n) is 13.9. The van der Waals surface area contributed by atoms with Gasteiger partial charge in [-0.1, -0.05) is 35.1 Å². The van der Waals surface area contributed by atoms with Crippen molar-refractivity contribution in [1.29, 1.82) is 0 Å². The van der Waals surface area contributed by atoms with E-state index in [0.29, 0.717) is 34.6 Å². The van der Waals surface area contributed by atoms with Gasteiger partial charge in [-0.25, -0.2) is 26.3 Å². The average Bonchev–Trinajstić information content (AvgIpc) is 3.58. The average molecular weight is 695 g/mol. The third kappa shape index (κ3) is 7.11. The van der Waals surface area contributed by atoms with E-state index >= 15 is 4.39 Å². The van der Waals surface area contributed by atoms with Crippen LogP contribution in [0.1, 0.15) is 23.5 Å². The maximum atomic E-state index is 16.1. The largest absolute Gasteiger partial charge is 0.497 e. The number of amides is 1. The number of sulfonamides is 1. The maximum Gasteiger partial charge on any atom is 0.407 e. The number of anilines is 1. The van der Waals surface area contributed by atoms with E-state index in [0.717, 1.165) is 27.3 Å². The molecule has 1 N–H and O–H groups in total. The number of carboxylic acid groups (broad SMARTS) is 1. The molecule has 1 aliphatic rings. The van der Waals surface area contributed by atoms with E-state index in [-0.39, 0.29) is 37.3 Å². The minimum Gasteiger partial charge on any atom is -0.497 e. The number of methoxy groups -OCH3 is 2. The Morgan fingerprint density at radius 2 is 1.87 bits per heavy atom. The van der Waals surface area contributed by atoms with E-state index in [1.165, 1.54) is 24.6 Å².